The van der Waals surface area contributed by atoms with E-state index in [4.69, 9.17) is 19.2 Å². The second-order valence-electron chi connectivity index (χ2n) is 7.76. The number of rotatable bonds is 11. The number of hydrogen-bond acceptors (Lipinski definition) is 4. The summed E-state index contributed by atoms with van der Waals surface area (Å²) in [5, 5.41) is 3.44. The molecule has 1 N–H and O–H groups in total. The quantitative estimate of drug-likeness (QED) is 0.338. The van der Waals surface area contributed by atoms with Crippen molar-refractivity contribution in [3.63, 3.8) is 0 Å². The van der Waals surface area contributed by atoms with Crippen molar-refractivity contribution in [2.24, 2.45) is 10.9 Å². The van der Waals surface area contributed by atoms with E-state index in [1.807, 2.05) is 24.3 Å². The number of ether oxygens (including phenoxy) is 3. The number of benzene rings is 2. The van der Waals surface area contributed by atoms with E-state index < -0.39 is 0 Å². The third kappa shape index (κ3) is 7.89. The molecular weight excluding hydrogens is 390 g/mol. The highest BCUT2D eigenvalue weighted by Gasteiger charge is 2.25. The van der Waals surface area contributed by atoms with E-state index in [0.29, 0.717) is 32.3 Å². The molecule has 0 aliphatic carbocycles. The molecule has 1 atom stereocenters. The summed E-state index contributed by atoms with van der Waals surface area (Å²) in [4.78, 5) is 7.22. The maximum atomic E-state index is 5.96. The Bertz CT molecular complexity index is 798. The summed E-state index contributed by atoms with van der Waals surface area (Å²) in [6, 6.07) is 18.5. The van der Waals surface area contributed by atoms with Crippen LogP contribution in [0, 0.1) is 5.92 Å². The van der Waals surface area contributed by atoms with Crippen LogP contribution in [0.3, 0.4) is 0 Å². The maximum Gasteiger partial charge on any atom is 0.194 e. The topological polar surface area (TPSA) is 55.3 Å². The zero-order valence-corrected chi connectivity index (χ0v) is 18.8. The van der Waals surface area contributed by atoms with Crippen LogP contribution in [-0.2, 0) is 22.6 Å². The predicted octanol–water partition coefficient (Wildman–Crippen LogP) is 3.72. The Morgan fingerprint density at radius 1 is 1.10 bits per heavy atom. The fourth-order valence-electron chi connectivity index (χ4n) is 3.65. The number of likely N-dealkylation sites (tertiary alicyclic amines) is 1. The van der Waals surface area contributed by atoms with Crippen LogP contribution in [0.15, 0.2) is 59.6 Å². The lowest BCUT2D eigenvalue weighted by Gasteiger charge is -2.21. The van der Waals surface area contributed by atoms with E-state index in [1.165, 1.54) is 5.56 Å². The van der Waals surface area contributed by atoms with Gasteiger partial charge in [0.05, 0.1) is 26.4 Å². The van der Waals surface area contributed by atoms with Crippen molar-refractivity contribution in [2.45, 2.75) is 26.5 Å². The molecule has 0 bridgehead atoms. The first kappa shape index (κ1) is 23.1. The lowest BCUT2D eigenvalue weighted by Crippen LogP contribution is -2.40. The van der Waals surface area contributed by atoms with E-state index in [0.717, 1.165) is 49.9 Å². The molecule has 0 amide bonds. The number of nitrogens with zero attached hydrogens (tertiary/aromatic N) is 2. The molecule has 6 heteroatoms. The van der Waals surface area contributed by atoms with Crippen molar-refractivity contribution in [1.82, 2.24) is 10.2 Å². The van der Waals surface area contributed by atoms with Crippen LogP contribution < -0.4 is 10.1 Å². The Hall–Kier alpha value is -2.57. The number of aliphatic imine (C=N–C) groups is 1. The third-order valence-electron chi connectivity index (χ3n) is 5.25. The standard InChI is InChI=1S/C25H35N3O3/c1-3-26-25(27-17-22-10-7-11-24(16-22)31-15-14-29-2)28-13-12-23(18-28)20-30-19-21-8-5-4-6-9-21/h4-11,16,23H,3,12-15,17-20H2,1-2H3,(H,26,27). The normalized spacial score (nSPS) is 16.5. The minimum absolute atomic E-state index is 0.532. The van der Waals surface area contributed by atoms with E-state index in [9.17, 15) is 0 Å². The first-order chi connectivity index (χ1) is 15.3. The van der Waals surface area contributed by atoms with Crippen molar-refractivity contribution in [3.05, 3.63) is 65.7 Å². The number of guanidine groups is 1. The van der Waals surface area contributed by atoms with E-state index >= 15 is 0 Å². The van der Waals surface area contributed by atoms with E-state index in [1.54, 1.807) is 7.11 Å². The average Bonchev–Trinajstić information content (AvgIpc) is 3.27. The monoisotopic (exact) mass is 425 g/mol. The number of nitrogens with one attached hydrogen (secondary N) is 1. The second kappa shape index (κ2) is 13.0. The molecule has 0 aromatic heterocycles. The summed E-state index contributed by atoms with van der Waals surface area (Å²) in [7, 11) is 1.68. The van der Waals surface area contributed by atoms with Crippen LogP contribution in [0.4, 0.5) is 0 Å². The van der Waals surface area contributed by atoms with Crippen LogP contribution in [0.25, 0.3) is 0 Å². The highest BCUT2D eigenvalue weighted by Crippen LogP contribution is 2.18. The highest BCUT2D eigenvalue weighted by molar-refractivity contribution is 5.80. The lowest BCUT2D eigenvalue weighted by atomic mass is 10.1. The van der Waals surface area contributed by atoms with Crippen LogP contribution in [-0.4, -0.2) is 57.4 Å². The Morgan fingerprint density at radius 2 is 1.94 bits per heavy atom. The van der Waals surface area contributed by atoms with Gasteiger partial charge in [-0.3, -0.25) is 0 Å². The minimum atomic E-state index is 0.532. The van der Waals surface area contributed by atoms with Gasteiger partial charge >= 0.3 is 0 Å². The Balaban J connectivity index is 1.49. The van der Waals surface area contributed by atoms with Crippen molar-refractivity contribution in [2.75, 3.05) is 46.6 Å². The molecule has 1 fully saturated rings. The molecule has 1 unspecified atom stereocenters. The summed E-state index contributed by atoms with van der Waals surface area (Å²) in [6.45, 7) is 8.15. The SMILES string of the molecule is CCNC(=NCc1cccc(OCCOC)c1)N1CCC(COCc2ccccc2)C1. The van der Waals surface area contributed by atoms with Crippen molar-refractivity contribution in [3.8, 4) is 5.75 Å². The lowest BCUT2D eigenvalue weighted by molar-refractivity contribution is 0.0906. The van der Waals surface area contributed by atoms with Crippen molar-refractivity contribution >= 4 is 5.96 Å². The van der Waals surface area contributed by atoms with Gasteiger partial charge in [0.15, 0.2) is 5.96 Å². The third-order valence-corrected chi connectivity index (χ3v) is 5.25. The maximum absolute atomic E-state index is 5.96. The number of hydrogen-bond donors (Lipinski definition) is 1. The van der Waals surface area contributed by atoms with Crippen molar-refractivity contribution in [1.29, 1.82) is 0 Å². The average molecular weight is 426 g/mol. The van der Waals surface area contributed by atoms with Gasteiger partial charge in [0.25, 0.3) is 0 Å². The smallest absolute Gasteiger partial charge is 0.194 e. The van der Waals surface area contributed by atoms with Gasteiger partial charge in [-0.05, 0) is 36.6 Å². The Kier molecular flexibility index (Phi) is 9.67. The summed E-state index contributed by atoms with van der Waals surface area (Å²) in [5.41, 5.74) is 2.35. The van der Waals surface area contributed by atoms with Gasteiger partial charge in [-0.1, -0.05) is 42.5 Å². The molecule has 0 spiro atoms. The first-order valence-electron chi connectivity index (χ1n) is 11.1. The fraction of sp³-hybridized carbons (Fsp3) is 0.480. The fourth-order valence-corrected chi connectivity index (χ4v) is 3.65. The molecule has 1 aliphatic rings. The van der Waals surface area contributed by atoms with Crippen LogP contribution in [0.5, 0.6) is 5.75 Å². The van der Waals surface area contributed by atoms with Gasteiger partial charge < -0.3 is 24.4 Å². The van der Waals surface area contributed by atoms with Crippen LogP contribution >= 0.6 is 0 Å². The Labute approximate surface area is 186 Å². The zero-order chi connectivity index (χ0) is 21.7. The summed E-state index contributed by atoms with van der Waals surface area (Å²) < 4.78 is 16.7. The summed E-state index contributed by atoms with van der Waals surface area (Å²) >= 11 is 0. The van der Waals surface area contributed by atoms with Crippen LogP contribution in [0.2, 0.25) is 0 Å². The summed E-state index contributed by atoms with van der Waals surface area (Å²) in [6.07, 6.45) is 1.13. The molecule has 31 heavy (non-hydrogen) atoms. The predicted molar refractivity (Wildman–Crippen MR) is 124 cm³/mol. The first-order valence-corrected chi connectivity index (χ1v) is 11.1. The molecule has 2 aromatic rings. The van der Waals surface area contributed by atoms with Crippen LogP contribution in [0.1, 0.15) is 24.5 Å². The molecule has 168 valence electrons. The zero-order valence-electron chi connectivity index (χ0n) is 18.8. The molecule has 0 saturated carbocycles. The second-order valence-corrected chi connectivity index (χ2v) is 7.76. The van der Waals surface area contributed by atoms with Gasteiger partial charge in [0.2, 0.25) is 0 Å². The number of methoxy groups -OCH3 is 1. The molecule has 1 saturated heterocycles. The molecule has 3 rings (SSSR count). The van der Waals surface area contributed by atoms with Crippen molar-refractivity contribution < 1.29 is 14.2 Å². The molecule has 1 aliphatic heterocycles. The Morgan fingerprint density at radius 3 is 2.74 bits per heavy atom. The molecule has 0 radical (unpaired) electrons. The minimum Gasteiger partial charge on any atom is -0.491 e. The summed E-state index contributed by atoms with van der Waals surface area (Å²) in [5.74, 6) is 2.36. The van der Waals surface area contributed by atoms with Gasteiger partial charge in [-0.15, -0.1) is 0 Å². The molecular formula is C25H35N3O3. The van der Waals surface area contributed by atoms with Gasteiger partial charge in [0, 0.05) is 32.7 Å². The van der Waals surface area contributed by atoms with Gasteiger partial charge in [-0.25, -0.2) is 4.99 Å². The van der Waals surface area contributed by atoms with E-state index in [2.05, 4.69) is 47.5 Å². The van der Waals surface area contributed by atoms with Gasteiger partial charge in [-0.2, -0.15) is 0 Å². The van der Waals surface area contributed by atoms with Gasteiger partial charge in [0.1, 0.15) is 12.4 Å². The molecule has 6 nitrogen and oxygen atoms in total. The largest absolute Gasteiger partial charge is 0.491 e. The molecule has 2 aromatic carbocycles. The highest BCUT2D eigenvalue weighted by atomic mass is 16.5. The molecule has 1 heterocycles. The van der Waals surface area contributed by atoms with E-state index in [-0.39, 0.29) is 0 Å².